The van der Waals surface area contributed by atoms with Crippen molar-refractivity contribution >= 4 is 23.4 Å². The Bertz CT molecular complexity index is 1100. The number of carbonyl (C=O) groups is 3. The normalized spacial score (nSPS) is 10.7. The number of hydrogen-bond acceptors (Lipinski definition) is 6. The lowest BCUT2D eigenvalue weighted by atomic mass is 10.1. The molecule has 170 valence electrons. The SMILES string of the molecule is CN(C)CC(=O)Nc1ccc(C#CC#Cc2ccc(C(=O)N[C@@H](CN)C(=O)NO)cc2)cc1. The number of hydroxylamine groups is 1. The fourth-order valence-corrected chi connectivity index (χ4v) is 2.59. The number of nitrogens with one attached hydrogen (secondary N) is 3. The molecule has 33 heavy (non-hydrogen) atoms. The molecular weight excluding hydrogens is 422 g/mol. The zero-order valence-electron chi connectivity index (χ0n) is 18.3. The minimum absolute atomic E-state index is 0.0944. The van der Waals surface area contributed by atoms with Crippen LogP contribution in [-0.4, -0.2) is 61.1 Å². The lowest BCUT2D eigenvalue weighted by Gasteiger charge is -2.14. The van der Waals surface area contributed by atoms with Crippen LogP contribution in [0.5, 0.6) is 0 Å². The van der Waals surface area contributed by atoms with E-state index in [1.54, 1.807) is 53.4 Å². The van der Waals surface area contributed by atoms with E-state index in [-0.39, 0.29) is 12.5 Å². The van der Waals surface area contributed by atoms with Crippen LogP contribution < -0.4 is 21.8 Å². The molecule has 2 rings (SSSR count). The molecular formula is C24H25N5O4. The summed E-state index contributed by atoms with van der Waals surface area (Å²) in [7, 11) is 3.65. The Labute approximate surface area is 192 Å². The number of benzene rings is 2. The van der Waals surface area contributed by atoms with Gasteiger partial charge < -0.3 is 21.3 Å². The van der Waals surface area contributed by atoms with Crippen molar-refractivity contribution in [2.24, 2.45) is 5.73 Å². The van der Waals surface area contributed by atoms with Crippen LogP contribution >= 0.6 is 0 Å². The first kappa shape index (κ1) is 25.1. The molecule has 0 aliphatic rings. The Balaban J connectivity index is 1.94. The largest absolute Gasteiger partial charge is 0.339 e. The lowest BCUT2D eigenvalue weighted by Crippen LogP contribution is -2.50. The van der Waals surface area contributed by atoms with Gasteiger partial charge in [-0.1, -0.05) is 11.8 Å². The van der Waals surface area contributed by atoms with Crippen molar-refractivity contribution in [2.75, 3.05) is 32.5 Å². The van der Waals surface area contributed by atoms with Gasteiger partial charge in [-0.05, 0) is 74.5 Å². The summed E-state index contributed by atoms with van der Waals surface area (Å²) in [6, 6.07) is 12.5. The van der Waals surface area contributed by atoms with E-state index in [1.165, 1.54) is 5.48 Å². The molecule has 0 saturated carbocycles. The fraction of sp³-hybridized carbons (Fsp3) is 0.208. The standard InChI is InChI=1S/C24H25N5O4/c1-29(2)16-22(30)26-20-13-9-18(10-14-20)6-4-3-5-17-7-11-19(12-8-17)23(31)27-21(15-25)24(32)28-33/h7-14,21,33H,15-16,25H2,1-2H3,(H,26,30)(H,27,31)(H,28,32)/t21-/m0/s1. The van der Waals surface area contributed by atoms with Crippen LogP contribution in [0.4, 0.5) is 5.69 Å². The Hall–Kier alpha value is -4.15. The molecule has 0 unspecified atom stereocenters. The number of anilines is 1. The van der Waals surface area contributed by atoms with E-state index in [4.69, 9.17) is 10.9 Å². The quantitative estimate of drug-likeness (QED) is 0.233. The Morgan fingerprint density at radius 1 is 0.970 bits per heavy atom. The van der Waals surface area contributed by atoms with E-state index in [1.807, 2.05) is 14.1 Å². The van der Waals surface area contributed by atoms with Crippen molar-refractivity contribution in [1.29, 1.82) is 0 Å². The Kier molecular flexibility index (Phi) is 9.62. The molecule has 0 radical (unpaired) electrons. The van der Waals surface area contributed by atoms with Crippen LogP contribution in [-0.2, 0) is 9.59 Å². The summed E-state index contributed by atoms with van der Waals surface area (Å²) in [4.78, 5) is 37.1. The second kappa shape index (κ2) is 12.6. The monoisotopic (exact) mass is 447 g/mol. The number of hydrogen-bond donors (Lipinski definition) is 5. The number of nitrogens with two attached hydrogens (primary N) is 1. The molecule has 0 heterocycles. The van der Waals surface area contributed by atoms with Gasteiger partial charge in [0, 0.05) is 28.9 Å². The average molecular weight is 447 g/mol. The number of amides is 3. The van der Waals surface area contributed by atoms with Crippen molar-refractivity contribution < 1.29 is 19.6 Å². The fourth-order valence-electron chi connectivity index (χ4n) is 2.59. The van der Waals surface area contributed by atoms with E-state index in [0.29, 0.717) is 23.4 Å². The third-order valence-corrected chi connectivity index (χ3v) is 4.22. The molecule has 0 fully saturated rings. The number of nitrogens with zero attached hydrogens (tertiary/aromatic N) is 1. The average Bonchev–Trinajstić information content (AvgIpc) is 2.80. The molecule has 0 saturated heterocycles. The molecule has 2 aromatic carbocycles. The van der Waals surface area contributed by atoms with Gasteiger partial charge in [0.25, 0.3) is 11.8 Å². The summed E-state index contributed by atoms with van der Waals surface area (Å²) in [6.45, 7) is 0.145. The summed E-state index contributed by atoms with van der Waals surface area (Å²) in [6.07, 6.45) is 0. The van der Waals surface area contributed by atoms with Crippen LogP contribution in [0.3, 0.4) is 0 Å². The molecule has 0 aliphatic heterocycles. The predicted octanol–water partition coefficient (Wildman–Crippen LogP) is 0.152. The molecule has 2 aromatic rings. The van der Waals surface area contributed by atoms with E-state index in [2.05, 4.69) is 34.3 Å². The van der Waals surface area contributed by atoms with Crippen molar-refractivity contribution in [3.05, 3.63) is 65.2 Å². The van der Waals surface area contributed by atoms with Crippen LogP contribution in [0.15, 0.2) is 48.5 Å². The topological polar surface area (TPSA) is 137 Å². The zero-order valence-corrected chi connectivity index (χ0v) is 18.3. The molecule has 0 aliphatic carbocycles. The minimum atomic E-state index is -1.04. The van der Waals surface area contributed by atoms with Gasteiger partial charge in [-0.25, -0.2) is 5.48 Å². The molecule has 6 N–H and O–H groups in total. The second-order valence-electron chi connectivity index (χ2n) is 7.18. The van der Waals surface area contributed by atoms with Gasteiger partial charge in [-0.3, -0.25) is 19.6 Å². The molecule has 0 aromatic heterocycles. The smallest absolute Gasteiger partial charge is 0.267 e. The predicted molar refractivity (Wildman–Crippen MR) is 124 cm³/mol. The van der Waals surface area contributed by atoms with Gasteiger partial charge in [-0.15, -0.1) is 0 Å². The number of rotatable bonds is 7. The maximum absolute atomic E-state index is 12.2. The Morgan fingerprint density at radius 3 is 2.00 bits per heavy atom. The van der Waals surface area contributed by atoms with Gasteiger partial charge in [0.2, 0.25) is 5.91 Å². The van der Waals surface area contributed by atoms with Crippen molar-refractivity contribution in [2.45, 2.75) is 6.04 Å². The van der Waals surface area contributed by atoms with Crippen molar-refractivity contribution in [3.63, 3.8) is 0 Å². The van der Waals surface area contributed by atoms with Crippen LogP contribution in [0.2, 0.25) is 0 Å². The molecule has 0 spiro atoms. The first-order chi connectivity index (χ1) is 15.8. The van der Waals surface area contributed by atoms with Gasteiger partial charge in [0.15, 0.2) is 0 Å². The summed E-state index contributed by atoms with van der Waals surface area (Å²) in [5.74, 6) is 9.92. The summed E-state index contributed by atoms with van der Waals surface area (Å²) in [5, 5.41) is 13.9. The van der Waals surface area contributed by atoms with Crippen molar-refractivity contribution in [1.82, 2.24) is 15.7 Å². The maximum Gasteiger partial charge on any atom is 0.267 e. The number of carbonyl (C=O) groups excluding carboxylic acids is 3. The lowest BCUT2D eigenvalue weighted by molar-refractivity contribution is -0.130. The van der Waals surface area contributed by atoms with E-state index >= 15 is 0 Å². The molecule has 0 bridgehead atoms. The number of likely N-dealkylation sites (N-methyl/N-ethyl adjacent to an activating group) is 1. The summed E-state index contributed by atoms with van der Waals surface area (Å²) in [5.41, 5.74) is 9.29. The highest BCUT2D eigenvalue weighted by Crippen LogP contribution is 2.08. The van der Waals surface area contributed by atoms with Crippen LogP contribution in [0.25, 0.3) is 0 Å². The van der Waals surface area contributed by atoms with E-state index < -0.39 is 17.9 Å². The third kappa shape index (κ3) is 8.48. The summed E-state index contributed by atoms with van der Waals surface area (Å²) >= 11 is 0. The molecule has 9 heteroatoms. The third-order valence-electron chi connectivity index (χ3n) is 4.22. The first-order valence-corrected chi connectivity index (χ1v) is 9.94. The molecule has 3 amide bonds. The molecule has 9 nitrogen and oxygen atoms in total. The van der Waals surface area contributed by atoms with E-state index in [9.17, 15) is 14.4 Å². The second-order valence-corrected chi connectivity index (χ2v) is 7.18. The zero-order chi connectivity index (χ0) is 24.2. The first-order valence-electron chi connectivity index (χ1n) is 9.94. The highest BCUT2D eigenvalue weighted by Gasteiger charge is 2.19. The Morgan fingerprint density at radius 2 is 1.52 bits per heavy atom. The maximum atomic E-state index is 12.2. The van der Waals surface area contributed by atoms with Crippen LogP contribution in [0.1, 0.15) is 21.5 Å². The van der Waals surface area contributed by atoms with Gasteiger partial charge in [0.05, 0.1) is 6.54 Å². The van der Waals surface area contributed by atoms with Gasteiger partial charge in [0.1, 0.15) is 6.04 Å². The molecule has 1 atom stereocenters. The highest BCUT2D eigenvalue weighted by molar-refractivity contribution is 5.97. The van der Waals surface area contributed by atoms with Crippen LogP contribution in [0, 0.1) is 23.7 Å². The van der Waals surface area contributed by atoms with Crippen molar-refractivity contribution in [3.8, 4) is 23.7 Å². The van der Waals surface area contributed by atoms with Gasteiger partial charge in [-0.2, -0.15) is 0 Å². The van der Waals surface area contributed by atoms with Gasteiger partial charge >= 0.3 is 0 Å². The van der Waals surface area contributed by atoms with E-state index in [0.717, 1.165) is 5.56 Å². The summed E-state index contributed by atoms with van der Waals surface area (Å²) < 4.78 is 0. The highest BCUT2D eigenvalue weighted by atomic mass is 16.5. The minimum Gasteiger partial charge on any atom is -0.339 e.